The SMILES string of the molecule is CCOc1cc(/C=C(\C#N)C(=O)Nc2c(Cl)cc([N+](=O)[O-])cc2Cl)ccc1OC(=O)c1ccccc1. The number of nitrogens with zero attached hydrogens (tertiary/aromatic N) is 2. The minimum absolute atomic E-state index is 0.0757. The average molecular weight is 526 g/mol. The molecule has 11 heteroatoms. The number of carbonyl (C=O) groups is 2. The molecule has 0 aliphatic rings. The fourth-order valence-electron chi connectivity index (χ4n) is 2.98. The fourth-order valence-corrected chi connectivity index (χ4v) is 3.55. The van der Waals surface area contributed by atoms with Crippen molar-refractivity contribution < 1.29 is 24.0 Å². The Labute approximate surface area is 215 Å². The summed E-state index contributed by atoms with van der Waals surface area (Å²) in [5.41, 5.74) is 0.0299. The van der Waals surface area contributed by atoms with Crippen LogP contribution in [0.1, 0.15) is 22.8 Å². The largest absolute Gasteiger partial charge is 0.490 e. The molecule has 0 radical (unpaired) electrons. The summed E-state index contributed by atoms with van der Waals surface area (Å²) in [5.74, 6) is -1.02. The van der Waals surface area contributed by atoms with Gasteiger partial charge in [0.2, 0.25) is 0 Å². The van der Waals surface area contributed by atoms with Crippen molar-refractivity contribution in [3.05, 3.63) is 97.5 Å². The zero-order chi connectivity index (χ0) is 26.2. The van der Waals surface area contributed by atoms with Crippen molar-refractivity contribution in [1.82, 2.24) is 0 Å². The molecule has 3 aromatic rings. The topological polar surface area (TPSA) is 132 Å². The quantitative estimate of drug-likeness (QED) is 0.0942. The van der Waals surface area contributed by atoms with Crippen LogP contribution in [0.15, 0.2) is 66.2 Å². The van der Waals surface area contributed by atoms with Gasteiger partial charge in [0.25, 0.3) is 11.6 Å². The van der Waals surface area contributed by atoms with Gasteiger partial charge in [0.05, 0.1) is 32.8 Å². The second kappa shape index (κ2) is 11.8. The van der Waals surface area contributed by atoms with E-state index < -0.39 is 16.8 Å². The van der Waals surface area contributed by atoms with E-state index in [0.717, 1.165) is 12.1 Å². The minimum atomic E-state index is -0.840. The van der Waals surface area contributed by atoms with E-state index in [1.54, 1.807) is 43.3 Å². The van der Waals surface area contributed by atoms with Crippen molar-refractivity contribution in [3.8, 4) is 17.6 Å². The van der Waals surface area contributed by atoms with Crippen LogP contribution in [0.2, 0.25) is 10.0 Å². The summed E-state index contributed by atoms with van der Waals surface area (Å²) in [5, 5.41) is 22.5. The first kappa shape index (κ1) is 26.2. The molecule has 0 aromatic heterocycles. The van der Waals surface area contributed by atoms with E-state index in [0.29, 0.717) is 11.1 Å². The Hall–Kier alpha value is -4.39. The van der Waals surface area contributed by atoms with Gasteiger partial charge in [-0.25, -0.2) is 4.79 Å². The molecule has 0 unspecified atom stereocenters. The minimum Gasteiger partial charge on any atom is -0.490 e. The van der Waals surface area contributed by atoms with Crippen molar-refractivity contribution in [2.45, 2.75) is 6.92 Å². The molecule has 1 N–H and O–H groups in total. The van der Waals surface area contributed by atoms with Gasteiger partial charge in [0, 0.05) is 12.1 Å². The lowest BCUT2D eigenvalue weighted by atomic mass is 10.1. The lowest BCUT2D eigenvalue weighted by Crippen LogP contribution is -2.14. The first-order chi connectivity index (χ1) is 17.2. The number of rotatable bonds is 8. The maximum Gasteiger partial charge on any atom is 0.343 e. The third-order valence-electron chi connectivity index (χ3n) is 4.63. The molecule has 3 aromatic carbocycles. The second-order valence-corrected chi connectivity index (χ2v) is 7.87. The molecule has 0 aliphatic heterocycles. The van der Waals surface area contributed by atoms with Gasteiger partial charge >= 0.3 is 5.97 Å². The zero-order valence-corrected chi connectivity index (χ0v) is 20.2. The van der Waals surface area contributed by atoms with Crippen LogP contribution in [0.5, 0.6) is 11.5 Å². The van der Waals surface area contributed by atoms with Gasteiger partial charge in [0.15, 0.2) is 11.5 Å². The summed E-state index contributed by atoms with van der Waals surface area (Å²) in [4.78, 5) is 35.4. The number of nitro groups is 1. The van der Waals surface area contributed by atoms with Gasteiger partial charge in [0.1, 0.15) is 11.6 Å². The molecule has 3 rings (SSSR count). The number of benzene rings is 3. The van der Waals surface area contributed by atoms with Gasteiger partial charge in [-0.2, -0.15) is 5.26 Å². The maximum absolute atomic E-state index is 12.7. The number of nitrogens with one attached hydrogen (secondary N) is 1. The Morgan fingerprint density at radius 3 is 2.33 bits per heavy atom. The van der Waals surface area contributed by atoms with Crippen LogP contribution in [0.4, 0.5) is 11.4 Å². The predicted molar refractivity (Wildman–Crippen MR) is 134 cm³/mol. The van der Waals surface area contributed by atoms with Gasteiger partial charge < -0.3 is 14.8 Å². The van der Waals surface area contributed by atoms with E-state index in [4.69, 9.17) is 32.7 Å². The summed E-state index contributed by atoms with van der Waals surface area (Å²) in [6.07, 6.45) is 1.29. The van der Waals surface area contributed by atoms with Crippen LogP contribution in [-0.4, -0.2) is 23.4 Å². The number of hydrogen-bond acceptors (Lipinski definition) is 7. The normalized spacial score (nSPS) is 10.8. The number of ether oxygens (including phenoxy) is 2. The number of amides is 1. The zero-order valence-electron chi connectivity index (χ0n) is 18.7. The number of anilines is 1. The average Bonchev–Trinajstić information content (AvgIpc) is 2.86. The summed E-state index contributed by atoms with van der Waals surface area (Å²) < 4.78 is 11.0. The van der Waals surface area contributed by atoms with Gasteiger partial charge in [-0.3, -0.25) is 14.9 Å². The molecule has 0 saturated heterocycles. The van der Waals surface area contributed by atoms with Crippen LogP contribution in [0, 0.1) is 21.4 Å². The highest BCUT2D eigenvalue weighted by Gasteiger charge is 2.19. The van der Waals surface area contributed by atoms with Crippen molar-refractivity contribution in [3.63, 3.8) is 0 Å². The first-order valence-electron chi connectivity index (χ1n) is 10.3. The molecule has 0 spiro atoms. The third kappa shape index (κ3) is 6.39. The summed E-state index contributed by atoms with van der Waals surface area (Å²) in [7, 11) is 0. The predicted octanol–water partition coefficient (Wildman–Crippen LogP) is 6.07. The molecule has 0 heterocycles. The van der Waals surface area contributed by atoms with Gasteiger partial charge in [-0.15, -0.1) is 0 Å². The van der Waals surface area contributed by atoms with Crippen LogP contribution >= 0.6 is 23.2 Å². The van der Waals surface area contributed by atoms with E-state index in [1.807, 2.05) is 0 Å². The van der Waals surface area contributed by atoms with E-state index in [1.165, 1.54) is 24.3 Å². The molecular weight excluding hydrogens is 509 g/mol. The second-order valence-electron chi connectivity index (χ2n) is 7.06. The van der Waals surface area contributed by atoms with Crippen molar-refractivity contribution in [2.24, 2.45) is 0 Å². The summed E-state index contributed by atoms with van der Waals surface area (Å²) in [6, 6.07) is 16.8. The van der Waals surface area contributed by atoms with Crippen molar-refractivity contribution >= 4 is 52.5 Å². The van der Waals surface area contributed by atoms with Crippen molar-refractivity contribution in [1.29, 1.82) is 5.26 Å². The van der Waals surface area contributed by atoms with Crippen LogP contribution in [0.25, 0.3) is 6.08 Å². The van der Waals surface area contributed by atoms with E-state index in [2.05, 4.69) is 5.32 Å². The fraction of sp³-hybridized carbons (Fsp3) is 0.0800. The Morgan fingerprint density at radius 1 is 1.08 bits per heavy atom. The van der Waals surface area contributed by atoms with Crippen LogP contribution in [-0.2, 0) is 4.79 Å². The number of nitro benzene ring substituents is 1. The van der Waals surface area contributed by atoms with Crippen molar-refractivity contribution in [2.75, 3.05) is 11.9 Å². The standard InChI is InChI=1S/C25H17Cl2N3O6/c1-2-35-22-11-15(8-9-21(22)36-25(32)16-6-4-3-5-7-16)10-17(14-28)24(31)29-23-19(26)12-18(30(33)34)13-20(23)27/h3-13H,2H2,1H3,(H,29,31)/b17-10+. The van der Waals surface area contributed by atoms with E-state index >= 15 is 0 Å². The molecule has 182 valence electrons. The number of esters is 1. The van der Waals surface area contributed by atoms with E-state index in [-0.39, 0.29) is 45.1 Å². The lowest BCUT2D eigenvalue weighted by Gasteiger charge is -2.12. The summed E-state index contributed by atoms with van der Waals surface area (Å²) >= 11 is 12.1. The molecule has 9 nitrogen and oxygen atoms in total. The van der Waals surface area contributed by atoms with Crippen LogP contribution < -0.4 is 14.8 Å². The molecule has 0 fully saturated rings. The van der Waals surface area contributed by atoms with Crippen LogP contribution in [0.3, 0.4) is 0 Å². The Balaban J connectivity index is 1.86. The third-order valence-corrected chi connectivity index (χ3v) is 5.23. The molecule has 1 amide bonds. The number of hydrogen-bond donors (Lipinski definition) is 1. The molecular formula is C25H17Cl2N3O6. The number of carbonyl (C=O) groups excluding carboxylic acids is 2. The first-order valence-corrected chi connectivity index (χ1v) is 11.1. The number of halogens is 2. The Kier molecular flexibility index (Phi) is 8.62. The smallest absolute Gasteiger partial charge is 0.343 e. The number of nitriles is 1. The molecule has 0 saturated carbocycles. The highest BCUT2D eigenvalue weighted by atomic mass is 35.5. The Morgan fingerprint density at radius 2 is 1.75 bits per heavy atom. The highest BCUT2D eigenvalue weighted by Crippen LogP contribution is 2.35. The molecule has 0 atom stereocenters. The number of non-ortho nitro benzene ring substituents is 1. The van der Waals surface area contributed by atoms with E-state index in [9.17, 15) is 25.0 Å². The van der Waals surface area contributed by atoms with Gasteiger partial charge in [-0.05, 0) is 42.8 Å². The monoisotopic (exact) mass is 525 g/mol. The maximum atomic E-state index is 12.7. The summed E-state index contributed by atoms with van der Waals surface area (Å²) in [6.45, 7) is 2.02. The van der Waals surface area contributed by atoms with Gasteiger partial charge in [-0.1, -0.05) is 47.5 Å². The lowest BCUT2D eigenvalue weighted by molar-refractivity contribution is -0.384. The highest BCUT2D eigenvalue weighted by molar-refractivity contribution is 6.40. The molecule has 0 aliphatic carbocycles. The Bertz CT molecular complexity index is 1380. The molecule has 36 heavy (non-hydrogen) atoms. The molecule has 0 bridgehead atoms.